The highest BCUT2D eigenvalue weighted by molar-refractivity contribution is 8.00. The average molecular weight is 327 g/mol. The first-order valence-corrected chi connectivity index (χ1v) is 9.98. The Balaban J connectivity index is 1.78. The van der Waals surface area contributed by atoms with Crippen LogP contribution in [0.2, 0.25) is 0 Å². The van der Waals surface area contributed by atoms with Gasteiger partial charge in [0, 0.05) is 44.2 Å². The van der Waals surface area contributed by atoms with Gasteiger partial charge in [-0.1, -0.05) is 20.8 Å². The molecular weight excluding hydrogens is 292 g/mol. The van der Waals surface area contributed by atoms with Crippen molar-refractivity contribution in [2.75, 3.05) is 52.1 Å². The fraction of sp³-hybridized carbons (Fsp3) is 0.941. The molecule has 0 aromatic carbocycles. The largest absolute Gasteiger partial charge is 0.356 e. The minimum atomic E-state index is 0.735. The zero-order valence-electron chi connectivity index (χ0n) is 14.8. The smallest absolute Gasteiger partial charge is 0.193 e. The summed E-state index contributed by atoms with van der Waals surface area (Å²) in [5, 5.41) is 4.38. The van der Waals surface area contributed by atoms with E-state index in [0.717, 1.165) is 42.7 Å². The van der Waals surface area contributed by atoms with E-state index in [0.29, 0.717) is 0 Å². The molecule has 0 radical (unpaired) electrons. The highest BCUT2D eigenvalue weighted by atomic mass is 32.2. The molecule has 2 unspecified atom stereocenters. The van der Waals surface area contributed by atoms with Gasteiger partial charge in [0.05, 0.1) is 0 Å². The summed E-state index contributed by atoms with van der Waals surface area (Å²) in [6.45, 7) is 14.0. The zero-order valence-corrected chi connectivity index (χ0v) is 15.7. The summed E-state index contributed by atoms with van der Waals surface area (Å²) in [4.78, 5) is 9.59. The molecule has 1 N–H and O–H groups in total. The molecule has 0 spiro atoms. The van der Waals surface area contributed by atoms with Crippen molar-refractivity contribution in [2.45, 2.75) is 38.9 Å². The monoisotopic (exact) mass is 326 g/mol. The van der Waals surface area contributed by atoms with Gasteiger partial charge in [-0.15, -0.1) is 0 Å². The molecule has 4 nitrogen and oxygen atoms in total. The van der Waals surface area contributed by atoms with Crippen LogP contribution in [-0.4, -0.2) is 73.1 Å². The van der Waals surface area contributed by atoms with Crippen LogP contribution in [-0.2, 0) is 0 Å². The lowest BCUT2D eigenvalue weighted by Crippen LogP contribution is -2.50. The molecule has 22 heavy (non-hydrogen) atoms. The lowest BCUT2D eigenvalue weighted by atomic mass is 10.1. The molecule has 2 fully saturated rings. The molecule has 0 bridgehead atoms. The summed E-state index contributed by atoms with van der Waals surface area (Å²) < 4.78 is 0. The van der Waals surface area contributed by atoms with E-state index in [1.54, 1.807) is 0 Å². The molecule has 0 aromatic heterocycles. The first-order chi connectivity index (χ1) is 10.6. The molecule has 2 aliphatic heterocycles. The maximum atomic E-state index is 4.53. The van der Waals surface area contributed by atoms with Crippen LogP contribution in [0, 0.1) is 11.8 Å². The predicted molar refractivity (Wildman–Crippen MR) is 98.9 cm³/mol. The summed E-state index contributed by atoms with van der Waals surface area (Å²) in [5.41, 5.74) is 0. The van der Waals surface area contributed by atoms with Crippen LogP contribution >= 0.6 is 11.8 Å². The van der Waals surface area contributed by atoms with Crippen molar-refractivity contribution in [1.29, 1.82) is 0 Å². The van der Waals surface area contributed by atoms with Crippen LogP contribution in [0.1, 0.15) is 33.6 Å². The molecule has 5 heteroatoms. The standard InChI is InChI=1S/C17H34N4S/c1-5-7-20-8-6-15(12-20)11-19-17(18-4)21-9-10-22-16(13-21)14(2)3/h14-16H,5-13H2,1-4H3,(H,18,19). The van der Waals surface area contributed by atoms with Gasteiger partial charge in [-0.2, -0.15) is 11.8 Å². The van der Waals surface area contributed by atoms with Gasteiger partial charge in [-0.25, -0.2) is 0 Å². The van der Waals surface area contributed by atoms with Crippen LogP contribution in [0.15, 0.2) is 4.99 Å². The van der Waals surface area contributed by atoms with E-state index in [4.69, 9.17) is 0 Å². The van der Waals surface area contributed by atoms with Gasteiger partial charge in [-0.3, -0.25) is 4.99 Å². The van der Waals surface area contributed by atoms with E-state index in [2.05, 4.69) is 52.6 Å². The van der Waals surface area contributed by atoms with Crippen LogP contribution in [0.3, 0.4) is 0 Å². The van der Waals surface area contributed by atoms with Crippen molar-refractivity contribution in [1.82, 2.24) is 15.1 Å². The van der Waals surface area contributed by atoms with E-state index in [-0.39, 0.29) is 0 Å². The molecule has 2 heterocycles. The van der Waals surface area contributed by atoms with E-state index < -0.39 is 0 Å². The Kier molecular flexibility index (Phi) is 7.35. The third kappa shape index (κ3) is 5.05. The minimum Gasteiger partial charge on any atom is -0.356 e. The summed E-state index contributed by atoms with van der Waals surface area (Å²) in [7, 11) is 1.92. The lowest BCUT2D eigenvalue weighted by Gasteiger charge is -2.36. The number of hydrogen-bond acceptors (Lipinski definition) is 3. The van der Waals surface area contributed by atoms with E-state index in [9.17, 15) is 0 Å². The van der Waals surface area contributed by atoms with Gasteiger partial charge in [0.25, 0.3) is 0 Å². The molecule has 0 amide bonds. The highest BCUT2D eigenvalue weighted by Gasteiger charge is 2.26. The summed E-state index contributed by atoms with van der Waals surface area (Å²) in [6, 6.07) is 0. The first-order valence-electron chi connectivity index (χ1n) is 8.93. The normalized spacial score (nSPS) is 27.7. The third-order valence-corrected chi connectivity index (χ3v) is 6.35. The van der Waals surface area contributed by atoms with Crippen LogP contribution < -0.4 is 5.32 Å². The number of nitrogens with one attached hydrogen (secondary N) is 1. The highest BCUT2D eigenvalue weighted by Crippen LogP contribution is 2.25. The maximum Gasteiger partial charge on any atom is 0.193 e. The zero-order chi connectivity index (χ0) is 15.9. The molecule has 2 saturated heterocycles. The fourth-order valence-electron chi connectivity index (χ4n) is 3.44. The Hall–Kier alpha value is -0.420. The van der Waals surface area contributed by atoms with Crippen molar-refractivity contribution in [2.24, 2.45) is 16.8 Å². The number of likely N-dealkylation sites (tertiary alicyclic amines) is 1. The Morgan fingerprint density at radius 3 is 2.82 bits per heavy atom. The van der Waals surface area contributed by atoms with Crippen molar-refractivity contribution < 1.29 is 0 Å². The number of guanidine groups is 1. The molecule has 2 rings (SSSR count). The van der Waals surface area contributed by atoms with Crippen molar-refractivity contribution >= 4 is 17.7 Å². The molecule has 0 aliphatic carbocycles. The molecule has 0 aromatic rings. The molecule has 0 saturated carbocycles. The summed E-state index contributed by atoms with van der Waals surface area (Å²) in [6.07, 6.45) is 2.60. The van der Waals surface area contributed by atoms with Gasteiger partial charge < -0.3 is 15.1 Å². The second-order valence-electron chi connectivity index (χ2n) is 6.98. The summed E-state index contributed by atoms with van der Waals surface area (Å²) >= 11 is 2.12. The van der Waals surface area contributed by atoms with Gasteiger partial charge in [0.1, 0.15) is 0 Å². The van der Waals surface area contributed by atoms with Gasteiger partial charge in [0.2, 0.25) is 0 Å². The SMILES string of the molecule is CCCN1CCC(CNC(=NC)N2CCSC(C(C)C)C2)C1. The second kappa shape index (κ2) is 9.02. The molecule has 2 aliphatic rings. The minimum absolute atomic E-state index is 0.735. The van der Waals surface area contributed by atoms with E-state index in [1.807, 2.05) is 7.05 Å². The number of thioether (sulfide) groups is 1. The van der Waals surface area contributed by atoms with Crippen molar-refractivity contribution in [3.05, 3.63) is 0 Å². The number of aliphatic imine (C=N–C) groups is 1. The fourth-order valence-corrected chi connectivity index (χ4v) is 4.74. The van der Waals surface area contributed by atoms with E-state index in [1.165, 1.54) is 38.2 Å². The van der Waals surface area contributed by atoms with Crippen LogP contribution in [0.5, 0.6) is 0 Å². The average Bonchev–Trinajstić information content (AvgIpc) is 2.96. The third-order valence-electron chi connectivity index (χ3n) is 4.81. The number of rotatable bonds is 5. The van der Waals surface area contributed by atoms with Crippen LogP contribution in [0.25, 0.3) is 0 Å². The molecule has 128 valence electrons. The maximum absolute atomic E-state index is 4.53. The quantitative estimate of drug-likeness (QED) is 0.621. The Labute approximate surface area is 141 Å². The van der Waals surface area contributed by atoms with Crippen LogP contribution in [0.4, 0.5) is 0 Å². The molecule has 2 atom stereocenters. The number of hydrogen-bond donors (Lipinski definition) is 1. The topological polar surface area (TPSA) is 30.9 Å². The van der Waals surface area contributed by atoms with E-state index >= 15 is 0 Å². The Morgan fingerprint density at radius 1 is 1.32 bits per heavy atom. The lowest BCUT2D eigenvalue weighted by molar-refractivity contribution is 0.323. The van der Waals surface area contributed by atoms with Gasteiger partial charge >= 0.3 is 0 Å². The van der Waals surface area contributed by atoms with Crippen molar-refractivity contribution in [3.8, 4) is 0 Å². The first kappa shape index (κ1) is 17.9. The summed E-state index contributed by atoms with van der Waals surface area (Å²) in [5.74, 6) is 3.85. The van der Waals surface area contributed by atoms with Gasteiger partial charge in [-0.05, 0) is 37.8 Å². The second-order valence-corrected chi connectivity index (χ2v) is 8.33. The Morgan fingerprint density at radius 2 is 2.14 bits per heavy atom. The molecular formula is C17H34N4S. The Bertz CT molecular complexity index is 359. The van der Waals surface area contributed by atoms with Crippen molar-refractivity contribution in [3.63, 3.8) is 0 Å². The number of nitrogens with zero attached hydrogens (tertiary/aromatic N) is 3. The van der Waals surface area contributed by atoms with Gasteiger partial charge in [0.15, 0.2) is 5.96 Å². The predicted octanol–water partition coefficient (Wildman–Crippen LogP) is 2.37.